The fourth-order valence-corrected chi connectivity index (χ4v) is 3.88. The van der Waals surface area contributed by atoms with E-state index in [4.69, 9.17) is 4.74 Å². The summed E-state index contributed by atoms with van der Waals surface area (Å²) in [6.45, 7) is 6.02. The summed E-state index contributed by atoms with van der Waals surface area (Å²) in [6.07, 6.45) is 5.03. The van der Waals surface area contributed by atoms with Crippen LogP contribution >= 0.6 is 0 Å². The number of hydrogen-bond acceptors (Lipinski definition) is 4. The highest BCUT2D eigenvalue weighted by Gasteiger charge is 2.44. The van der Waals surface area contributed by atoms with Gasteiger partial charge in [0.25, 0.3) is 5.91 Å². The van der Waals surface area contributed by atoms with Crippen LogP contribution in [0.25, 0.3) is 11.1 Å². The molecule has 5 nitrogen and oxygen atoms in total. The average Bonchev–Trinajstić information content (AvgIpc) is 2.93. The first-order valence-electron chi connectivity index (χ1n) is 8.77. The third-order valence-electron chi connectivity index (χ3n) is 5.03. The van der Waals surface area contributed by atoms with Crippen LogP contribution in [-0.2, 0) is 4.79 Å². The van der Waals surface area contributed by atoms with Crippen LogP contribution in [0.5, 0.6) is 5.75 Å². The molecule has 0 N–H and O–H groups in total. The molecule has 2 aromatic rings. The Bertz CT molecular complexity index is 1030. The van der Waals surface area contributed by atoms with Gasteiger partial charge in [0.15, 0.2) is 0 Å². The summed E-state index contributed by atoms with van der Waals surface area (Å²) >= 11 is 0. The van der Waals surface area contributed by atoms with E-state index in [1.807, 2.05) is 32.9 Å². The number of carbonyl (C=O) groups is 2. The highest BCUT2D eigenvalue weighted by Crippen LogP contribution is 2.50. The van der Waals surface area contributed by atoms with E-state index < -0.39 is 5.54 Å². The summed E-state index contributed by atoms with van der Waals surface area (Å²) < 4.78 is 5.43. The molecule has 0 saturated carbocycles. The van der Waals surface area contributed by atoms with Gasteiger partial charge in [-0.1, -0.05) is 12.1 Å². The van der Waals surface area contributed by atoms with Crippen LogP contribution in [0.4, 0.5) is 5.69 Å². The second-order valence-corrected chi connectivity index (χ2v) is 7.33. The van der Waals surface area contributed by atoms with Crippen molar-refractivity contribution in [3.8, 4) is 5.75 Å². The molecule has 136 valence electrons. The van der Waals surface area contributed by atoms with Gasteiger partial charge < -0.3 is 4.74 Å². The van der Waals surface area contributed by atoms with Crippen LogP contribution < -0.4 is 9.64 Å². The SMILES string of the molecule is COc1cc2c3c(c1)/C(=C/C(=O)c1ccccn1)C(=O)N3C(C)(C)C=C2C. The zero-order chi connectivity index (χ0) is 19.3. The number of anilines is 1. The van der Waals surface area contributed by atoms with Crippen molar-refractivity contribution < 1.29 is 14.3 Å². The lowest BCUT2D eigenvalue weighted by molar-refractivity contribution is -0.113. The van der Waals surface area contributed by atoms with Crippen molar-refractivity contribution in [1.29, 1.82) is 0 Å². The van der Waals surface area contributed by atoms with E-state index in [1.54, 1.807) is 36.4 Å². The smallest absolute Gasteiger partial charge is 0.259 e. The molecular weight excluding hydrogens is 340 g/mol. The van der Waals surface area contributed by atoms with E-state index in [1.165, 1.54) is 6.08 Å². The molecule has 0 spiro atoms. The molecule has 0 radical (unpaired) electrons. The number of benzene rings is 1. The van der Waals surface area contributed by atoms with E-state index in [-0.39, 0.29) is 11.7 Å². The maximum atomic E-state index is 13.3. The second kappa shape index (κ2) is 5.91. The number of allylic oxidation sites excluding steroid dienone is 2. The van der Waals surface area contributed by atoms with Gasteiger partial charge in [0.05, 0.1) is 23.9 Å². The van der Waals surface area contributed by atoms with E-state index >= 15 is 0 Å². The van der Waals surface area contributed by atoms with Gasteiger partial charge in [0.2, 0.25) is 5.78 Å². The summed E-state index contributed by atoms with van der Waals surface area (Å²) in [6, 6.07) is 8.90. The van der Waals surface area contributed by atoms with Gasteiger partial charge in [0, 0.05) is 23.4 Å². The van der Waals surface area contributed by atoms with Crippen molar-refractivity contribution in [3.63, 3.8) is 0 Å². The van der Waals surface area contributed by atoms with Gasteiger partial charge in [-0.25, -0.2) is 0 Å². The number of ether oxygens (including phenoxy) is 1. The Labute approximate surface area is 158 Å². The first-order chi connectivity index (χ1) is 12.8. The summed E-state index contributed by atoms with van der Waals surface area (Å²) in [5.41, 5.74) is 3.79. The number of amides is 1. The monoisotopic (exact) mass is 360 g/mol. The molecule has 0 unspecified atom stereocenters. The fourth-order valence-electron chi connectivity index (χ4n) is 3.88. The number of carbonyl (C=O) groups excluding carboxylic acids is 2. The molecule has 0 atom stereocenters. The van der Waals surface area contributed by atoms with Crippen LogP contribution in [0.3, 0.4) is 0 Å². The van der Waals surface area contributed by atoms with Gasteiger partial charge in [-0.05, 0) is 50.6 Å². The second-order valence-electron chi connectivity index (χ2n) is 7.33. The number of methoxy groups -OCH3 is 1. The number of nitrogens with zero attached hydrogens (tertiary/aromatic N) is 2. The Morgan fingerprint density at radius 2 is 1.96 bits per heavy atom. The lowest BCUT2D eigenvalue weighted by atomic mass is 9.89. The zero-order valence-corrected chi connectivity index (χ0v) is 15.7. The molecule has 4 rings (SSSR count). The molecule has 1 amide bonds. The standard InChI is InChI=1S/C22H20N2O3/c1-13-12-22(2,3)24-20-15(13)9-14(27-4)10-16(20)17(21(24)26)11-19(25)18-7-5-6-8-23-18/h5-12H,1-4H3/b17-11-. The minimum Gasteiger partial charge on any atom is -0.497 e. The molecule has 2 aliphatic rings. The largest absolute Gasteiger partial charge is 0.497 e. The van der Waals surface area contributed by atoms with Crippen molar-refractivity contribution in [2.75, 3.05) is 12.0 Å². The van der Waals surface area contributed by atoms with Crippen LogP contribution in [0.15, 0.2) is 48.7 Å². The first kappa shape index (κ1) is 17.2. The van der Waals surface area contributed by atoms with E-state index in [9.17, 15) is 9.59 Å². The quantitative estimate of drug-likeness (QED) is 0.615. The molecule has 0 bridgehead atoms. The highest BCUT2D eigenvalue weighted by atomic mass is 16.5. The fraction of sp³-hybridized carbons (Fsp3) is 0.227. The lowest BCUT2D eigenvalue weighted by Crippen LogP contribution is -2.46. The number of hydrogen-bond donors (Lipinski definition) is 0. The van der Waals surface area contributed by atoms with Crippen molar-refractivity contribution in [1.82, 2.24) is 4.98 Å². The average molecular weight is 360 g/mol. The third kappa shape index (κ3) is 2.58. The summed E-state index contributed by atoms with van der Waals surface area (Å²) in [5.74, 6) is 0.178. The Balaban J connectivity index is 1.93. The predicted molar refractivity (Wildman–Crippen MR) is 105 cm³/mol. The number of aromatic nitrogens is 1. The Morgan fingerprint density at radius 1 is 1.22 bits per heavy atom. The first-order valence-corrected chi connectivity index (χ1v) is 8.77. The number of pyridine rings is 1. The van der Waals surface area contributed by atoms with Crippen molar-refractivity contribution >= 4 is 28.5 Å². The van der Waals surface area contributed by atoms with Crippen LogP contribution in [0, 0.1) is 0 Å². The summed E-state index contributed by atoms with van der Waals surface area (Å²) in [7, 11) is 1.59. The molecule has 5 heteroatoms. The molecule has 0 aliphatic carbocycles. The molecule has 2 aliphatic heterocycles. The molecule has 1 aromatic heterocycles. The van der Waals surface area contributed by atoms with Gasteiger partial charge >= 0.3 is 0 Å². The van der Waals surface area contributed by atoms with Crippen molar-refractivity contribution in [2.24, 2.45) is 0 Å². The molecular formula is C22H20N2O3. The van der Waals surface area contributed by atoms with Crippen LogP contribution in [0.1, 0.15) is 42.4 Å². The van der Waals surface area contributed by atoms with Gasteiger partial charge in [-0.15, -0.1) is 0 Å². The Morgan fingerprint density at radius 3 is 2.63 bits per heavy atom. The summed E-state index contributed by atoms with van der Waals surface area (Å²) in [4.78, 5) is 31.8. The zero-order valence-electron chi connectivity index (χ0n) is 15.7. The Hall–Kier alpha value is -3.21. The number of rotatable bonds is 3. The topological polar surface area (TPSA) is 59.5 Å². The van der Waals surface area contributed by atoms with Crippen molar-refractivity contribution in [2.45, 2.75) is 26.3 Å². The van der Waals surface area contributed by atoms with Gasteiger partial charge in [-0.2, -0.15) is 0 Å². The normalized spacial score (nSPS) is 18.4. The van der Waals surface area contributed by atoms with Crippen LogP contribution in [0.2, 0.25) is 0 Å². The molecule has 3 heterocycles. The minimum atomic E-state index is -0.485. The van der Waals surface area contributed by atoms with Crippen LogP contribution in [-0.4, -0.2) is 29.3 Å². The van der Waals surface area contributed by atoms with E-state index in [0.29, 0.717) is 17.0 Å². The number of ketones is 1. The molecule has 0 saturated heterocycles. The third-order valence-corrected chi connectivity index (χ3v) is 5.03. The maximum Gasteiger partial charge on any atom is 0.259 e. The predicted octanol–water partition coefficient (Wildman–Crippen LogP) is 3.90. The lowest BCUT2D eigenvalue weighted by Gasteiger charge is -2.38. The van der Waals surface area contributed by atoms with E-state index in [0.717, 1.165) is 22.4 Å². The minimum absolute atomic E-state index is 0.183. The summed E-state index contributed by atoms with van der Waals surface area (Å²) in [5, 5.41) is 0. The van der Waals surface area contributed by atoms with E-state index in [2.05, 4.69) is 11.1 Å². The molecule has 1 aromatic carbocycles. The highest BCUT2D eigenvalue weighted by molar-refractivity contribution is 6.37. The van der Waals surface area contributed by atoms with Gasteiger partial charge in [0.1, 0.15) is 11.4 Å². The van der Waals surface area contributed by atoms with Crippen molar-refractivity contribution in [3.05, 3.63) is 65.5 Å². The molecule has 0 fully saturated rings. The van der Waals surface area contributed by atoms with Gasteiger partial charge in [-0.3, -0.25) is 19.5 Å². The maximum absolute atomic E-state index is 13.3. The molecule has 27 heavy (non-hydrogen) atoms. The Kier molecular flexibility index (Phi) is 3.77.